The van der Waals surface area contributed by atoms with Crippen molar-refractivity contribution in [2.24, 2.45) is 0 Å². The zero-order valence-electron chi connectivity index (χ0n) is 17.0. The van der Waals surface area contributed by atoms with Gasteiger partial charge in [-0.25, -0.2) is 9.59 Å². The van der Waals surface area contributed by atoms with Crippen LogP contribution in [-0.2, 0) is 9.47 Å². The first-order valence-electron chi connectivity index (χ1n) is 9.15. The van der Waals surface area contributed by atoms with E-state index in [4.69, 9.17) is 15.2 Å². The van der Waals surface area contributed by atoms with Crippen LogP contribution in [0.15, 0.2) is 30.3 Å². The van der Waals surface area contributed by atoms with Crippen molar-refractivity contribution in [1.82, 2.24) is 4.40 Å². The first-order valence-corrected chi connectivity index (χ1v) is 9.15. The van der Waals surface area contributed by atoms with E-state index >= 15 is 0 Å². The number of nitrogens with zero attached hydrogens (tertiary/aromatic N) is 3. The van der Waals surface area contributed by atoms with Gasteiger partial charge in [0.25, 0.3) is 5.69 Å². The smallest absolute Gasteiger partial charge is 0.340 e. The van der Waals surface area contributed by atoms with Gasteiger partial charge in [-0.3, -0.25) is 14.5 Å². The number of carbonyl (C=O) groups is 2. The molecule has 3 rings (SSSR count). The summed E-state index contributed by atoms with van der Waals surface area (Å²) in [5.41, 5.74) is 6.07. The van der Waals surface area contributed by atoms with Crippen molar-refractivity contribution in [3.05, 3.63) is 62.8 Å². The van der Waals surface area contributed by atoms with Crippen LogP contribution in [0.4, 0.5) is 11.5 Å². The average molecular weight is 422 g/mol. The van der Waals surface area contributed by atoms with Gasteiger partial charge >= 0.3 is 11.9 Å². The molecule has 2 N–H and O–H groups in total. The third-order valence-electron chi connectivity index (χ3n) is 4.85. The molecule has 0 aliphatic carbocycles. The van der Waals surface area contributed by atoms with E-state index in [0.29, 0.717) is 0 Å². The number of hydrogen-bond acceptors (Lipinski definition) is 8. The molecule has 0 atom stereocenters. The predicted octanol–water partition coefficient (Wildman–Crippen LogP) is 3.24. The standard InChI is InChI=1S/C21H18N4O6/c1-4-31-21(27)16-11(2)24-15(9-12(10-22)19(24)23)18(20(26)30-3)17(16)13-7-5-6-8-14(13)25(28)29/h5-9H,4,23H2,1-3H3. The Bertz CT molecular complexity index is 1290. The molecule has 0 saturated heterocycles. The van der Waals surface area contributed by atoms with Crippen molar-refractivity contribution in [3.63, 3.8) is 0 Å². The molecular formula is C21H18N4O6. The maximum absolute atomic E-state index is 13.0. The van der Waals surface area contributed by atoms with E-state index < -0.39 is 16.9 Å². The van der Waals surface area contributed by atoms with Gasteiger partial charge < -0.3 is 15.2 Å². The van der Waals surface area contributed by atoms with Gasteiger partial charge in [0.15, 0.2) is 0 Å². The molecule has 3 aromatic rings. The highest BCUT2D eigenvalue weighted by Crippen LogP contribution is 2.40. The van der Waals surface area contributed by atoms with Crippen molar-refractivity contribution in [1.29, 1.82) is 5.26 Å². The third kappa shape index (κ3) is 3.32. The van der Waals surface area contributed by atoms with E-state index in [0.717, 1.165) is 7.11 Å². The fraction of sp³-hybridized carbons (Fsp3) is 0.190. The van der Waals surface area contributed by atoms with Crippen LogP contribution >= 0.6 is 0 Å². The number of anilines is 1. The summed E-state index contributed by atoms with van der Waals surface area (Å²) in [6.45, 7) is 3.19. The summed E-state index contributed by atoms with van der Waals surface area (Å²) in [5, 5.41) is 21.1. The number of benzene rings is 1. The van der Waals surface area contributed by atoms with Crippen LogP contribution in [-0.4, -0.2) is 35.0 Å². The minimum absolute atomic E-state index is 0.0137. The molecule has 2 heterocycles. The van der Waals surface area contributed by atoms with Crippen LogP contribution in [0.2, 0.25) is 0 Å². The Labute approximate surface area is 176 Å². The molecule has 10 nitrogen and oxygen atoms in total. The van der Waals surface area contributed by atoms with Gasteiger partial charge in [0.2, 0.25) is 0 Å². The lowest BCUT2D eigenvalue weighted by Crippen LogP contribution is -2.18. The molecule has 0 radical (unpaired) electrons. The number of aromatic nitrogens is 1. The van der Waals surface area contributed by atoms with E-state index in [1.54, 1.807) is 19.9 Å². The molecule has 0 aliphatic heterocycles. The number of methoxy groups -OCH3 is 1. The molecule has 158 valence electrons. The minimum Gasteiger partial charge on any atom is -0.465 e. The summed E-state index contributed by atoms with van der Waals surface area (Å²) >= 11 is 0. The Morgan fingerprint density at radius 2 is 1.94 bits per heavy atom. The Balaban J connectivity index is 2.66. The fourth-order valence-corrected chi connectivity index (χ4v) is 3.58. The number of carbonyl (C=O) groups excluding carboxylic acids is 2. The lowest BCUT2D eigenvalue weighted by molar-refractivity contribution is -0.384. The Morgan fingerprint density at radius 3 is 2.52 bits per heavy atom. The molecule has 1 aromatic carbocycles. The molecule has 0 unspecified atom stereocenters. The van der Waals surface area contributed by atoms with Crippen molar-refractivity contribution < 1.29 is 24.0 Å². The third-order valence-corrected chi connectivity index (χ3v) is 4.85. The molecule has 0 bridgehead atoms. The van der Waals surface area contributed by atoms with Crippen molar-refractivity contribution in [2.45, 2.75) is 13.8 Å². The van der Waals surface area contributed by atoms with Crippen LogP contribution in [0, 0.1) is 28.4 Å². The van der Waals surface area contributed by atoms with E-state index in [2.05, 4.69) is 0 Å². The van der Waals surface area contributed by atoms with Gasteiger partial charge in [-0.15, -0.1) is 0 Å². The highest BCUT2D eigenvalue weighted by molar-refractivity contribution is 6.12. The van der Waals surface area contributed by atoms with E-state index in [1.165, 1.54) is 28.7 Å². The molecule has 0 amide bonds. The fourth-order valence-electron chi connectivity index (χ4n) is 3.58. The predicted molar refractivity (Wildman–Crippen MR) is 111 cm³/mol. The highest BCUT2D eigenvalue weighted by atomic mass is 16.6. The topological polar surface area (TPSA) is 150 Å². The molecule has 0 fully saturated rings. The summed E-state index contributed by atoms with van der Waals surface area (Å²) in [5.74, 6) is -1.64. The van der Waals surface area contributed by atoms with Crippen LogP contribution in [0.3, 0.4) is 0 Å². The van der Waals surface area contributed by atoms with E-state index in [9.17, 15) is 25.0 Å². The van der Waals surface area contributed by atoms with Gasteiger partial charge in [-0.1, -0.05) is 12.1 Å². The van der Waals surface area contributed by atoms with Crippen LogP contribution in [0.1, 0.15) is 38.9 Å². The number of nitro benzene ring substituents is 1. The Kier molecular flexibility index (Phi) is 5.61. The molecule has 31 heavy (non-hydrogen) atoms. The second-order valence-electron chi connectivity index (χ2n) is 6.47. The number of nitriles is 1. The van der Waals surface area contributed by atoms with Gasteiger partial charge in [0, 0.05) is 17.3 Å². The quantitative estimate of drug-likeness (QED) is 0.374. The minimum atomic E-state index is -0.856. The molecular weight excluding hydrogens is 404 g/mol. The van der Waals surface area contributed by atoms with Gasteiger partial charge in [0.1, 0.15) is 11.9 Å². The Hall–Kier alpha value is -4.39. The maximum atomic E-state index is 13.0. The van der Waals surface area contributed by atoms with Crippen LogP contribution < -0.4 is 5.73 Å². The number of ether oxygens (including phenoxy) is 2. The van der Waals surface area contributed by atoms with Crippen LogP contribution in [0.25, 0.3) is 16.6 Å². The largest absolute Gasteiger partial charge is 0.465 e. The number of esters is 2. The zero-order valence-corrected chi connectivity index (χ0v) is 17.0. The van der Waals surface area contributed by atoms with Crippen LogP contribution in [0.5, 0.6) is 0 Å². The number of aryl methyl sites for hydroxylation is 1. The maximum Gasteiger partial charge on any atom is 0.340 e. The monoisotopic (exact) mass is 422 g/mol. The molecule has 10 heteroatoms. The number of rotatable bonds is 5. The summed E-state index contributed by atoms with van der Waals surface area (Å²) in [6.07, 6.45) is 0. The van der Waals surface area contributed by atoms with Crippen molar-refractivity contribution in [3.8, 4) is 17.2 Å². The normalized spacial score (nSPS) is 10.5. The number of fused-ring (bicyclic) bond motifs is 1. The second kappa shape index (κ2) is 8.16. The number of para-hydroxylation sites is 1. The summed E-state index contributed by atoms with van der Waals surface area (Å²) in [6, 6.07) is 9.02. The zero-order chi connectivity index (χ0) is 22.9. The van der Waals surface area contributed by atoms with Crippen molar-refractivity contribution in [2.75, 3.05) is 19.5 Å². The first kappa shape index (κ1) is 21.3. The lowest BCUT2D eigenvalue weighted by atomic mass is 9.92. The first-order chi connectivity index (χ1) is 14.8. The number of nitro groups is 1. The van der Waals surface area contributed by atoms with Gasteiger partial charge in [-0.05, 0) is 26.0 Å². The Morgan fingerprint density at radius 1 is 1.26 bits per heavy atom. The number of hydrogen-bond donors (Lipinski definition) is 1. The van der Waals surface area contributed by atoms with Gasteiger partial charge in [-0.2, -0.15) is 5.26 Å². The molecule has 0 spiro atoms. The molecule has 2 aromatic heterocycles. The number of pyridine rings is 1. The molecule has 0 aliphatic rings. The average Bonchev–Trinajstić information content (AvgIpc) is 3.09. The number of nitrogen functional groups attached to an aromatic ring is 1. The summed E-state index contributed by atoms with van der Waals surface area (Å²) in [7, 11) is 1.14. The van der Waals surface area contributed by atoms with E-state index in [-0.39, 0.29) is 57.1 Å². The van der Waals surface area contributed by atoms with Crippen molar-refractivity contribution >= 4 is 29.0 Å². The highest BCUT2D eigenvalue weighted by Gasteiger charge is 2.33. The lowest BCUT2D eigenvalue weighted by Gasteiger charge is -2.19. The summed E-state index contributed by atoms with van der Waals surface area (Å²) in [4.78, 5) is 36.9. The SMILES string of the molecule is CCOC(=O)c1c(-c2ccccc2[N+](=O)[O-])c(C(=O)OC)c2cc(C#N)c(N)n2c1C. The second-order valence-corrected chi connectivity index (χ2v) is 6.47. The van der Waals surface area contributed by atoms with E-state index in [1.807, 2.05) is 6.07 Å². The number of nitrogens with two attached hydrogens (primary N) is 1. The van der Waals surface area contributed by atoms with Gasteiger partial charge in [0.05, 0.1) is 46.4 Å². The molecule has 0 saturated carbocycles. The summed E-state index contributed by atoms with van der Waals surface area (Å²) < 4.78 is 11.5.